The van der Waals surface area contributed by atoms with Crippen LogP contribution in [0.1, 0.15) is 30.9 Å². The lowest BCUT2D eigenvalue weighted by Crippen LogP contribution is -3.29. The van der Waals surface area contributed by atoms with Gasteiger partial charge in [0.1, 0.15) is 50.6 Å². The van der Waals surface area contributed by atoms with Crippen molar-refractivity contribution in [2.75, 3.05) is 37.7 Å². The number of quaternary nitrogens is 2. The quantitative estimate of drug-likeness (QED) is 0.601. The molecular weight excluding hydrogens is 324 g/mol. The van der Waals surface area contributed by atoms with Crippen molar-refractivity contribution in [1.29, 1.82) is 0 Å². The first-order chi connectivity index (χ1) is 11.3. The average molecular weight is 355 g/mol. The van der Waals surface area contributed by atoms with Gasteiger partial charge in [-0.1, -0.05) is 38.1 Å². The third-order valence-corrected chi connectivity index (χ3v) is 7.26. The molecule has 2 saturated heterocycles. The van der Waals surface area contributed by atoms with Gasteiger partial charge >= 0.3 is 0 Å². The molecule has 0 radical (unpaired) electrons. The van der Waals surface area contributed by atoms with Gasteiger partial charge in [-0.05, 0) is 11.5 Å². The summed E-state index contributed by atoms with van der Waals surface area (Å²) in [5, 5.41) is 10.0. The van der Waals surface area contributed by atoms with Crippen LogP contribution in [0, 0.1) is 0 Å². The fraction of sp³-hybridized carbons (Fsp3) is 0.667. The van der Waals surface area contributed by atoms with Crippen molar-refractivity contribution in [2.45, 2.75) is 38.5 Å². The van der Waals surface area contributed by atoms with Gasteiger partial charge in [-0.2, -0.15) is 0 Å². The van der Waals surface area contributed by atoms with Gasteiger partial charge in [0.05, 0.1) is 5.75 Å². The summed E-state index contributed by atoms with van der Waals surface area (Å²) in [6.07, 6.45) is -0.685. The van der Waals surface area contributed by atoms with E-state index in [1.807, 2.05) is 0 Å². The van der Waals surface area contributed by atoms with Crippen molar-refractivity contribution in [3.63, 3.8) is 0 Å². The maximum Gasteiger partial charge on any atom is 0.159 e. The zero-order valence-corrected chi connectivity index (χ0v) is 15.5. The second-order valence-corrected chi connectivity index (χ2v) is 9.89. The van der Waals surface area contributed by atoms with Crippen LogP contribution in [-0.4, -0.2) is 63.4 Å². The number of sulfone groups is 1. The molecule has 0 bridgehead atoms. The van der Waals surface area contributed by atoms with Crippen LogP contribution in [0.15, 0.2) is 24.3 Å². The van der Waals surface area contributed by atoms with Crippen LogP contribution in [0.25, 0.3) is 0 Å². The molecule has 2 fully saturated rings. The van der Waals surface area contributed by atoms with E-state index in [0.29, 0.717) is 5.92 Å². The number of benzene rings is 1. The lowest BCUT2D eigenvalue weighted by atomic mass is 10.0. The van der Waals surface area contributed by atoms with E-state index < -0.39 is 15.9 Å². The Labute approximate surface area is 145 Å². The second-order valence-electron chi connectivity index (χ2n) is 7.73. The second kappa shape index (κ2) is 7.12. The minimum absolute atomic E-state index is 0.0556. The van der Waals surface area contributed by atoms with Crippen LogP contribution in [0.3, 0.4) is 0 Å². The predicted octanol–water partition coefficient (Wildman–Crippen LogP) is -1.75. The first kappa shape index (κ1) is 17.9. The Morgan fingerprint density at radius 2 is 1.71 bits per heavy atom. The fourth-order valence-corrected chi connectivity index (χ4v) is 5.89. The molecule has 3 rings (SSSR count). The van der Waals surface area contributed by atoms with Gasteiger partial charge in [0.2, 0.25) is 0 Å². The molecule has 0 amide bonds. The van der Waals surface area contributed by atoms with Gasteiger partial charge in [-0.3, -0.25) is 0 Å². The number of hydrogen-bond donors (Lipinski definition) is 3. The zero-order valence-electron chi connectivity index (χ0n) is 14.7. The fourth-order valence-electron chi connectivity index (χ4n) is 4.00. The normalized spacial score (nSPS) is 33.0. The molecular formula is C18H30N2O3S+2. The number of aliphatic hydroxyl groups is 1. The summed E-state index contributed by atoms with van der Waals surface area (Å²) in [6, 6.07) is 8.78. The minimum atomic E-state index is -3.04. The molecule has 2 aliphatic heterocycles. The molecule has 6 heteroatoms. The largest absolute Gasteiger partial charge is 0.386 e. The maximum atomic E-state index is 11.7. The molecule has 0 aromatic heterocycles. The average Bonchev–Trinajstić information content (AvgIpc) is 2.81. The van der Waals surface area contributed by atoms with E-state index in [2.05, 4.69) is 38.1 Å². The summed E-state index contributed by atoms with van der Waals surface area (Å²) in [5.74, 6) is 0.655. The van der Waals surface area contributed by atoms with Crippen molar-refractivity contribution < 1.29 is 23.3 Å². The topological polar surface area (TPSA) is 63.2 Å². The highest BCUT2D eigenvalue weighted by molar-refractivity contribution is 7.91. The first-order valence-corrected chi connectivity index (χ1v) is 10.8. The molecule has 134 valence electrons. The first-order valence-electron chi connectivity index (χ1n) is 8.99. The number of aliphatic hydroxyl groups excluding tert-OH is 1. The van der Waals surface area contributed by atoms with Crippen LogP contribution < -0.4 is 9.80 Å². The van der Waals surface area contributed by atoms with E-state index in [9.17, 15) is 13.5 Å². The van der Waals surface area contributed by atoms with Gasteiger partial charge in [0.25, 0.3) is 0 Å². The van der Waals surface area contributed by atoms with Crippen LogP contribution in [0.5, 0.6) is 0 Å². The molecule has 2 atom stereocenters. The van der Waals surface area contributed by atoms with E-state index in [0.717, 1.165) is 32.7 Å². The molecule has 3 N–H and O–H groups in total. The van der Waals surface area contributed by atoms with E-state index >= 15 is 0 Å². The Hall–Kier alpha value is -0.950. The monoisotopic (exact) mass is 354 g/mol. The summed E-state index contributed by atoms with van der Waals surface area (Å²) in [7, 11) is -3.04. The van der Waals surface area contributed by atoms with Crippen molar-refractivity contribution in [1.82, 2.24) is 0 Å². The standard InChI is InChI=1S/C18H28N2O3S/c1-14(2)16-5-3-15(4-6-16)11-19-7-9-20(10-8-19)17-12-24(22,23)13-18(17)21/h3-6,14,17-18,21H,7-13H2,1-2H3/p+2/t17-,18+/m1/s1. The Kier molecular flexibility index (Phi) is 5.30. The SMILES string of the molecule is CC(C)c1ccc(C[NH+]2CC[NH+]([C@@H]3CS(=O)(=O)C[C@@H]3O)CC2)cc1. The van der Waals surface area contributed by atoms with Crippen LogP contribution in [0.4, 0.5) is 0 Å². The number of nitrogens with one attached hydrogen (secondary N) is 2. The van der Waals surface area contributed by atoms with E-state index in [-0.39, 0.29) is 17.5 Å². The van der Waals surface area contributed by atoms with Crippen molar-refractivity contribution >= 4 is 9.84 Å². The minimum Gasteiger partial charge on any atom is -0.386 e. The Bertz CT molecular complexity index is 649. The van der Waals surface area contributed by atoms with Gasteiger partial charge in [-0.15, -0.1) is 0 Å². The van der Waals surface area contributed by atoms with E-state index in [4.69, 9.17) is 0 Å². The van der Waals surface area contributed by atoms with Crippen LogP contribution >= 0.6 is 0 Å². The van der Waals surface area contributed by atoms with Crippen LogP contribution in [-0.2, 0) is 16.4 Å². The van der Waals surface area contributed by atoms with Crippen LogP contribution in [0.2, 0.25) is 0 Å². The van der Waals surface area contributed by atoms with Gasteiger partial charge in [0, 0.05) is 5.56 Å². The van der Waals surface area contributed by atoms with E-state index in [1.54, 1.807) is 4.90 Å². The lowest BCUT2D eigenvalue weighted by Gasteiger charge is -2.33. The Morgan fingerprint density at radius 3 is 2.21 bits per heavy atom. The Balaban J connectivity index is 1.52. The molecule has 0 saturated carbocycles. The summed E-state index contributed by atoms with van der Waals surface area (Å²) in [4.78, 5) is 2.81. The smallest absolute Gasteiger partial charge is 0.159 e. The molecule has 2 aliphatic rings. The Morgan fingerprint density at radius 1 is 1.08 bits per heavy atom. The molecule has 0 spiro atoms. The highest BCUT2D eigenvalue weighted by atomic mass is 32.2. The third kappa shape index (κ3) is 4.17. The molecule has 2 heterocycles. The highest BCUT2D eigenvalue weighted by Gasteiger charge is 2.44. The number of hydrogen-bond acceptors (Lipinski definition) is 3. The summed E-state index contributed by atoms with van der Waals surface area (Å²) in [5.41, 5.74) is 2.74. The highest BCUT2D eigenvalue weighted by Crippen LogP contribution is 2.14. The van der Waals surface area contributed by atoms with Crippen molar-refractivity contribution in [3.8, 4) is 0 Å². The third-order valence-electron chi connectivity index (χ3n) is 5.55. The maximum absolute atomic E-state index is 11.7. The molecule has 0 aliphatic carbocycles. The summed E-state index contributed by atoms with van der Waals surface area (Å²) in [6.45, 7) is 9.39. The molecule has 0 unspecified atom stereocenters. The summed E-state index contributed by atoms with van der Waals surface area (Å²) < 4.78 is 23.4. The number of piperazine rings is 1. The summed E-state index contributed by atoms with van der Waals surface area (Å²) >= 11 is 0. The molecule has 5 nitrogen and oxygen atoms in total. The molecule has 1 aromatic carbocycles. The van der Waals surface area contributed by atoms with Gasteiger partial charge < -0.3 is 14.9 Å². The van der Waals surface area contributed by atoms with Gasteiger partial charge in [0.15, 0.2) is 9.84 Å². The molecule has 24 heavy (non-hydrogen) atoms. The van der Waals surface area contributed by atoms with Crippen molar-refractivity contribution in [3.05, 3.63) is 35.4 Å². The van der Waals surface area contributed by atoms with Crippen molar-refractivity contribution in [2.24, 2.45) is 0 Å². The zero-order chi connectivity index (χ0) is 17.3. The molecule has 1 aromatic rings. The lowest BCUT2D eigenvalue weighted by molar-refractivity contribution is -1.03. The predicted molar refractivity (Wildman–Crippen MR) is 94.1 cm³/mol. The van der Waals surface area contributed by atoms with Gasteiger partial charge in [-0.25, -0.2) is 8.42 Å². The van der Waals surface area contributed by atoms with E-state index in [1.165, 1.54) is 16.0 Å². The number of rotatable bonds is 4.